The molecule has 4 heteroatoms. The minimum absolute atomic E-state index is 0.170. The first kappa shape index (κ1) is 14.8. The SMILES string of the molecule is CCN(Cc1cccc(C)n1)C1(CN)CCCSC1. The molecule has 1 unspecified atom stereocenters. The predicted molar refractivity (Wildman–Crippen MR) is 83.4 cm³/mol. The highest BCUT2D eigenvalue weighted by Crippen LogP contribution is 2.32. The standard InChI is InChI=1S/C15H25N3S/c1-3-18(10-14-7-4-6-13(2)17-14)15(11-16)8-5-9-19-12-15/h4,6-7H,3,5,8-12,16H2,1-2H3. The molecular weight excluding hydrogens is 254 g/mol. The van der Waals surface area contributed by atoms with E-state index in [-0.39, 0.29) is 5.54 Å². The fraction of sp³-hybridized carbons (Fsp3) is 0.667. The van der Waals surface area contributed by atoms with Crippen LogP contribution < -0.4 is 5.73 Å². The van der Waals surface area contributed by atoms with Gasteiger partial charge in [-0.2, -0.15) is 11.8 Å². The van der Waals surface area contributed by atoms with Crippen LogP contribution in [0.15, 0.2) is 18.2 Å². The normalized spacial score (nSPS) is 23.8. The molecule has 1 aromatic rings. The van der Waals surface area contributed by atoms with E-state index in [1.165, 1.54) is 18.6 Å². The van der Waals surface area contributed by atoms with Crippen molar-refractivity contribution < 1.29 is 0 Å². The number of rotatable bonds is 5. The van der Waals surface area contributed by atoms with Crippen molar-refractivity contribution in [3.63, 3.8) is 0 Å². The first-order valence-corrected chi connectivity index (χ1v) is 8.31. The zero-order valence-electron chi connectivity index (χ0n) is 12.1. The summed E-state index contributed by atoms with van der Waals surface area (Å²) in [6.45, 7) is 6.98. The van der Waals surface area contributed by atoms with Crippen LogP contribution in [0.4, 0.5) is 0 Å². The van der Waals surface area contributed by atoms with Crippen LogP contribution in [0.2, 0.25) is 0 Å². The average Bonchev–Trinajstić information content (AvgIpc) is 2.45. The van der Waals surface area contributed by atoms with Crippen LogP contribution in [0.5, 0.6) is 0 Å². The highest BCUT2D eigenvalue weighted by atomic mass is 32.2. The van der Waals surface area contributed by atoms with Gasteiger partial charge in [0.15, 0.2) is 0 Å². The molecule has 1 aromatic heterocycles. The molecule has 2 heterocycles. The van der Waals surface area contributed by atoms with Gasteiger partial charge in [0.05, 0.1) is 5.69 Å². The number of pyridine rings is 1. The topological polar surface area (TPSA) is 42.2 Å². The number of hydrogen-bond acceptors (Lipinski definition) is 4. The lowest BCUT2D eigenvalue weighted by molar-refractivity contribution is 0.0990. The molecule has 1 saturated heterocycles. The van der Waals surface area contributed by atoms with Gasteiger partial charge >= 0.3 is 0 Å². The molecule has 0 bridgehead atoms. The van der Waals surface area contributed by atoms with Crippen LogP contribution in [0.25, 0.3) is 0 Å². The van der Waals surface area contributed by atoms with E-state index in [0.717, 1.165) is 36.8 Å². The lowest BCUT2D eigenvalue weighted by atomic mass is 9.92. The maximum Gasteiger partial charge on any atom is 0.0547 e. The van der Waals surface area contributed by atoms with Gasteiger partial charge in [0, 0.05) is 30.1 Å². The second-order valence-electron chi connectivity index (χ2n) is 5.37. The van der Waals surface area contributed by atoms with Crippen LogP contribution >= 0.6 is 11.8 Å². The van der Waals surface area contributed by atoms with Gasteiger partial charge in [0.2, 0.25) is 0 Å². The Bertz CT molecular complexity index is 402. The number of aromatic nitrogens is 1. The second-order valence-corrected chi connectivity index (χ2v) is 6.47. The predicted octanol–water partition coefficient (Wildman–Crippen LogP) is 2.44. The maximum atomic E-state index is 6.12. The van der Waals surface area contributed by atoms with Gasteiger partial charge in [-0.1, -0.05) is 13.0 Å². The van der Waals surface area contributed by atoms with Crippen LogP contribution in [-0.2, 0) is 6.54 Å². The fourth-order valence-electron chi connectivity index (χ4n) is 2.88. The van der Waals surface area contributed by atoms with E-state index in [2.05, 4.69) is 41.9 Å². The number of nitrogens with zero attached hydrogens (tertiary/aromatic N) is 2. The first-order chi connectivity index (χ1) is 9.20. The number of likely N-dealkylation sites (N-methyl/N-ethyl adjacent to an activating group) is 1. The molecule has 3 nitrogen and oxygen atoms in total. The molecule has 106 valence electrons. The van der Waals surface area contributed by atoms with Crippen molar-refractivity contribution in [3.8, 4) is 0 Å². The molecule has 0 amide bonds. The number of nitrogens with two attached hydrogens (primary N) is 1. The third-order valence-electron chi connectivity index (χ3n) is 4.03. The summed E-state index contributed by atoms with van der Waals surface area (Å²) in [7, 11) is 0. The molecule has 0 radical (unpaired) electrons. The third-order valence-corrected chi connectivity index (χ3v) is 5.35. The van der Waals surface area contributed by atoms with Gasteiger partial charge in [-0.15, -0.1) is 0 Å². The summed E-state index contributed by atoms with van der Waals surface area (Å²) in [4.78, 5) is 7.16. The highest BCUT2D eigenvalue weighted by Gasteiger charge is 2.36. The quantitative estimate of drug-likeness (QED) is 0.899. The largest absolute Gasteiger partial charge is 0.329 e. The molecule has 1 aliphatic rings. The van der Waals surface area contributed by atoms with Crippen molar-refractivity contribution in [2.75, 3.05) is 24.6 Å². The highest BCUT2D eigenvalue weighted by molar-refractivity contribution is 7.99. The number of thioether (sulfide) groups is 1. The van der Waals surface area contributed by atoms with Crippen molar-refractivity contribution in [2.24, 2.45) is 5.73 Å². The molecule has 1 fully saturated rings. The van der Waals surface area contributed by atoms with E-state index >= 15 is 0 Å². The Morgan fingerprint density at radius 1 is 1.47 bits per heavy atom. The molecule has 2 rings (SSSR count). The van der Waals surface area contributed by atoms with Crippen molar-refractivity contribution >= 4 is 11.8 Å². The number of hydrogen-bond donors (Lipinski definition) is 1. The first-order valence-electron chi connectivity index (χ1n) is 7.15. The van der Waals surface area contributed by atoms with Crippen LogP contribution in [0.1, 0.15) is 31.2 Å². The van der Waals surface area contributed by atoms with Crippen molar-refractivity contribution in [3.05, 3.63) is 29.6 Å². The van der Waals surface area contributed by atoms with Crippen molar-refractivity contribution in [2.45, 2.75) is 38.8 Å². The van der Waals surface area contributed by atoms with Crippen LogP contribution in [0.3, 0.4) is 0 Å². The van der Waals surface area contributed by atoms with Crippen molar-refractivity contribution in [1.29, 1.82) is 0 Å². The van der Waals surface area contributed by atoms with E-state index in [1.54, 1.807) is 0 Å². The summed E-state index contributed by atoms with van der Waals surface area (Å²) in [5, 5.41) is 0. The minimum Gasteiger partial charge on any atom is -0.329 e. The van der Waals surface area contributed by atoms with Crippen LogP contribution in [0, 0.1) is 6.92 Å². The Morgan fingerprint density at radius 2 is 2.32 bits per heavy atom. The summed E-state index contributed by atoms with van der Waals surface area (Å²) in [6, 6.07) is 6.26. The fourth-order valence-corrected chi connectivity index (χ4v) is 4.19. The van der Waals surface area contributed by atoms with Gasteiger partial charge < -0.3 is 5.73 Å². The summed E-state index contributed by atoms with van der Waals surface area (Å²) >= 11 is 2.04. The summed E-state index contributed by atoms with van der Waals surface area (Å²) in [6.07, 6.45) is 2.50. The van der Waals surface area contributed by atoms with Gasteiger partial charge in [0.25, 0.3) is 0 Å². The van der Waals surface area contributed by atoms with Gasteiger partial charge in [-0.25, -0.2) is 0 Å². The third kappa shape index (κ3) is 3.50. The summed E-state index contributed by atoms with van der Waals surface area (Å²) in [5.41, 5.74) is 8.54. The molecule has 0 saturated carbocycles. The van der Waals surface area contributed by atoms with Gasteiger partial charge in [-0.3, -0.25) is 9.88 Å². The van der Waals surface area contributed by atoms with Gasteiger partial charge in [-0.05, 0) is 44.2 Å². The van der Waals surface area contributed by atoms with E-state index in [0.29, 0.717) is 0 Å². The Labute approximate surface area is 121 Å². The summed E-state index contributed by atoms with van der Waals surface area (Å²) < 4.78 is 0. The maximum absolute atomic E-state index is 6.12. The molecule has 0 spiro atoms. The monoisotopic (exact) mass is 279 g/mol. The minimum atomic E-state index is 0.170. The molecule has 0 aromatic carbocycles. The van der Waals surface area contributed by atoms with E-state index in [1.807, 2.05) is 11.8 Å². The number of aryl methyl sites for hydroxylation is 1. The Morgan fingerprint density at radius 3 is 2.89 bits per heavy atom. The zero-order valence-corrected chi connectivity index (χ0v) is 12.9. The van der Waals surface area contributed by atoms with Crippen molar-refractivity contribution in [1.82, 2.24) is 9.88 Å². The zero-order chi connectivity index (χ0) is 13.7. The molecule has 1 aliphatic heterocycles. The van der Waals surface area contributed by atoms with E-state index in [4.69, 9.17) is 5.73 Å². The molecule has 0 aliphatic carbocycles. The average molecular weight is 279 g/mol. The van der Waals surface area contributed by atoms with Gasteiger partial charge in [0.1, 0.15) is 0 Å². The molecule has 19 heavy (non-hydrogen) atoms. The second kappa shape index (κ2) is 6.73. The van der Waals surface area contributed by atoms with E-state index in [9.17, 15) is 0 Å². The Kier molecular flexibility index (Phi) is 5.25. The molecule has 1 atom stereocenters. The lowest BCUT2D eigenvalue weighted by Gasteiger charge is -2.45. The van der Waals surface area contributed by atoms with E-state index < -0.39 is 0 Å². The lowest BCUT2D eigenvalue weighted by Crippen LogP contribution is -2.56. The van der Waals surface area contributed by atoms with Crippen LogP contribution in [-0.4, -0.2) is 40.0 Å². The smallest absolute Gasteiger partial charge is 0.0547 e. The Hall–Kier alpha value is -0.580. The summed E-state index contributed by atoms with van der Waals surface area (Å²) in [5.74, 6) is 2.44. The molecular formula is C15H25N3S. The Balaban J connectivity index is 2.14. The molecule has 2 N–H and O–H groups in total.